The monoisotopic (exact) mass is 396 g/mol. The van der Waals surface area contributed by atoms with E-state index < -0.39 is 0 Å². The first-order chi connectivity index (χ1) is 12.7. The van der Waals surface area contributed by atoms with E-state index in [1.807, 2.05) is 0 Å². The van der Waals surface area contributed by atoms with Crippen molar-refractivity contribution in [3.63, 3.8) is 0 Å². The van der Waals surface area contributed by atoms with Crippen molar-refractivity contribution in [2.24, 2.45) is 5.92 Å². The lowest BCUT2D eigenvalue weighted by atomic mass is 9.77. The van der Waals surface area contributed by atoms with Crippen LogP contribution in [0.4, 0.5) is 0 Å². The molecule has 142 valence electrons. The molecular weight excluding hydrogens is 367 g/mol. The Kier molecular flexibility index (Phi) is 8.55. The molecule has 0 saturated carbocycles. The maximum Gasteiger partial charge on any atom is -0.00386 e. The number of hydrogen-bond acceptors (Lipinski definition) is 0. The van der Waals surface area contributed by atoms with Crippen molar-refractivity contribution in [3.05, 3.63) is 108 Å². The van der Waals surface area contributed by atoms with Gasteiger partial charge in [0.05, 0.1) is 0 Å². The molecular formula is C25H30ClP. The maximum atomic E-state index is 3.27. The van der Waals surface area contributed by atoms with Crippen LogP contribution in [0.15, 0.2) is 91.0 Å². The van der Waals surface area contributed by atoms with E-state index in [0.29, 0.717) is 5.92 Å². The summed E-state index contributed by atoms with van der Waals surface area (Å²) in [5, 5.41) is 0.146. The van der Waals surface area contributed by atoms with Crippen LogP contribution < -0.4 is 0 Å². The number of hydrogen-bond donors (Lipinski definition) is 0. The summed E-state index contributed by atoms with van der Waals surface area (Å²) in [6, 6.07) is 32.8. The molecule has 0 N–H and O–H groups in total. The largest absolute Gasteiger partial charge is 0.147 e. The van der Waals surface area contributed by atoms with Gasteiger partial charge in [-0.3, -0.25) is 0 Å². The average molecular weight is 397 g/mol. The highest BCUT2D eigenvalue weighted by molar-refractivity contribution is 7.19. The highest BCUT2D eigenvalue weighted by Gasteiger charge is 2.33. The van der Waals surface area contributed by atoms with Gasteiger partial charge in [-0.25, -0.2) is 0 Å². The van der Waals surface area contributed by atoms with Crippen molar-refractivity contribution >= 4 is 21.6 Å². The lowest BCUT2D eigenvalue weighted by Gasteiger charge is -2.38. The summed E-state index contributed by atoms with van der Waals surface area (Å²) >= 11 is 0. The normalized spacial score (nSPS) is 12.2. The molecule has 0 radical (unpaired) electrons. The summed E-state index contributed by atoms with van der Waals surface area (Å²) in [6.07, 6.45) is 4.47. The predicted molar refractivity (Wildman–Crippen MR) is 124 cm³/mol. The Morgan fingerprint density at radius 3 is 1.41 bits per heavy atom. The molecule has 3 rings (SSSR count). The lowest BCUT2D eigenvalue weighted by molar-refractivity contribution is 0.354. The van der Waals surface area contributed by atoms with Crippen LogP contribution in [0.2, 0.25) is 0 Å². The smallest absolute Gasteiger partial charge is 0.00386 e. The van der Waals surface area contributed by atoms with Gasteiger partial charge in [-0.15, -0.1) is 21.6 Å². The predicted octanol–water partition coefficient (Wildman–Crippen LogP) is 6.78. The van der Waals surface area contributed by atoms with Gasteiger partial charge in [0.25, 0.3) is 0 Å². The zero-order valence-electron chi connectivity index (χ0n) is 16.1. The van der Waals surface area contributed by atoms with Crippen molar-refractivity contribution in [2.75, 3.05) is 0 Å². The van der Waals surface area contributed by atoms with Gasteiger partial charge in [0, 0.05) is 0 Å². The molecule has 27 heavy (non-hydrogen) atoms. The minimum atomic E-state index is 0. The summed E-state index contributed by atoms with van der Waals surface area (Å²) in [5.41, 5.74) is 4.28. The minimum Gasteiger partial charge on any atom is -0.147 e. The Morgan fingerprint density at radius 1 is 0.667 bits per heavy atom. The van der Waals surface area contributed by atoms with E-state index in [0.717, 1.165) is 19.3 Å². The van der Waals surface area contributed by atoms with Gasteiger partial charge >= 0.3 is 0 Å². The molecule has 0 saturated heterocycles. The Morgan fingerprint density at radius 2 is 1.04 bits per heavy atom. The summed E-state index contributed by atoms with van der Waals surface area (Å²) in [7, 11) is 3.27. The van der Waals surface area contributed by atoms with Gasteiger partial charge in [-0.05, 0) is 47.0 Å². The molecule has 2 unspecified atom stereocenters. The Balaban J connectivity index is 0.00000261. The highest BCUT2D eigenvalue weighted by Crippen LogP contribution is 2.39. The van der Waals surface area contributed by atoms with E-state index in [9.17, 15) is 0 Å². The molecule has 3 aromatic carbocycles. The summed E-state index contributed by atoms with van der Waals surface area (Å²) in [5.74, 6) is 0.607. The maximum absolute atomic E-state index is 3.27. The van der Waals surface area contributed by atoms with E-state index in [4.69, 9.17) is 0 Å². The van der Waals surface area contributed by atoms with E-state index >= 15 is 0 Å². The summed E-state index contributed by atoms with van der Waals surface area (Å²) < 4.78 is 0. The molecule has 2 atom stereocenters. The zero-order valence-corrected chi connectivity index (χ0v) is 18.0. The zero-order chi connectivity index (χ0) is 18.2. The average Bonchev–Trinajstić information content (AvgIpc) is 2.68. The van der Waals surface area contributed by atoms with Crippen LogP contribution in [0.3, 0.4) is 0 Å². The molecule has 3 aromatic rings. The number of benzene rings is 3. The van der Waals surface area contributed by atoms with Crippen LogP contribution in [-0.4, -0.2) is 5.16 Å². The van der Waals surface area contributed by atoms with Crippen molar-refractivity contribution < 1.29 is 0 Å². The number of rotatable bonds is 8. The van der Waals surface area contributed by atoms with Gasteiger partial charge in [-0.1, -0.05) is 104 Å². The second-order valence-electron chi connectivity index (χ2n) is 7.35. The molecule has 0 nitrogen and oxygen atoms in total. The van der Waals surface area contributed by atoms with Crippen molar-refractivity contribution in [1.29, 1.82) is 0 Å². The quantitative estimate of drug-likeness (QED) is 0.368. The first-order valence-electron chi connectivity index (χ1n) is 9.60. The van der Waals surface area contributed by atoms with E-state index in [2.05, 4.69) is 107 Å². The molecule has 0 bridgehead atoms. The third-order valence-corrected chi connectivity index (χ3v) is 6.26. The summed E-state index contributed by atoms with van der Waals surface area (Å²) in [6.45, 7) is 2.34. The Bertz CT molecular complexity index is 730. The molecule has 0 heterocycles. The molecule has 0 spiro atoms. The van der Waals surface area contributed by atoms with E-state index in [1.54, 1.807) is 0 Å². The van der Waals surface area contributed by atoms with E-state index in [1.165, 1.54) is 23.1 Å². The van der Waals surface area contributed by atoms with Crippen molar-refractivity contribution in [3.8, 4) is 0 Å². The second-order valence-corrected chi connectivity index (χ2v) is 8.50. The standard InChI is InChI=1S/C25H29P.ClH/c1-2-24(18-21-12-6-3-7-13-21)25(26,19-22-14-8-4-9-15-22)20-23-16-10-5-11-17-23;/h3-17,24H,2,18-20,26H2,1H3;1H. The van der Waals surface area contributed by atoms with Crippen LogP contribution in [0.25, 0.3) is 0 Å². The van der Waals surface area contributed by atoms with Crippen LogP contribution in [-0.2, 0) is 19.3 Å². The second kappa shape index (κ2) is 10.6. The van der Waals surface area contributed by atoms with Crippen molar-refractivity contribution in [2.45, 2.75) is 37.8 Å². The van der Waals surface area contributed by atoms with Gasteiger partial charge < -0.3 is 0 Å². The molecule has 0 fully saturated rings. The fourth-order valence-corrected chi connectivity index (χ4v) is 4.78. The van der Waals surface area contributed by atoms with Crippen LogP contribution >= 0.6 is 21.6 Å². The first-order valence-corrected chi connectivity index (χ1v) is 10.2. The fourth-order valence-electron chi connectivity index (χ4n) is 3.96. The molecule has 0 aliphatic carbocycles. The molecule has 2 heteroatoms. The molecule has 0 amide bonds. The lowest BCUT2D eigenvalue weighted by Crippen LogP contribution is -2.37. The molecule has 0 aliphatic rings. The summed E-state index contributed by atoms with van der Waals surface area (Å²) in [4.78, 5) is 0. The topological polar surface area (TPSA) is 0 Å². The molecule has 0 aromatic heterocycles. The van der Waals surface area contributed by atoms with Gasteiger partial charge in [-0.2, -0.15) is 0 Å². The Hall–Kier alpha value is -1.62. The first kappa shape index (κ1) is 21.7. The highest BCUT2D eigenvalue weighted by atomic mass is 35.5. The van der Waals surface area contributed by atoms with Gasteiger partial charge in [0.15, 0.2) is 0 Å². The Labute approximate surface area is 173 Å². The SMILES string of the molecule is CCC(Cc1ccccc1)C(P)(Cc1ccccc1)Cc1ccccc1.Cl. The van der Waals surface area contributed by atoms with Gasteiger partial charge in [0.1, 0.15) is 0 Å². The fraction of sp³-hybridized carbons (Fsp3) is 0.280. The van der Waals surface area contributed by atoms with E-state index in [-0.39, 0.29) is 17.6 Å². The van der Waals surface area contributed by atoms with Crippen molar-refractivity contribution in [1.82, 2.24) is 0 Å². The van der Waals surface area contributed by atoms with Crippen LogP contribution in [0, 0.1) is 5.92 Å². The third kappa shape index (κ3) is 6.20. The third-order valence-electron chi connectivity index (χ3n) is 5.38. The minimum absolute atomic E-state index is 0. The molecule has 0 aliphatic heterocycles. The van der Waals surface area contributed by atoms with Crippen LogP contribution in [0.5, 0.6) is 0 Å². The van der Waals surface area contributed by atoms with Gasteiger partial charge in [0.2, 0.25) is 0 Å². The number of halogens is 1. The van der Waals surface area contributed by atoms with Crippen LogP contribution in [0.1, 0.15) is 30.0 Å².